The number of aryl methyl sites for hydroxylation is 1. The monoisotopic (exact) mass is 284 g/mol. The van der Waals surface area contributed by atoms with Gasteiger partial charge in [0.25, 0.3) is 5.91 Å². The number of nitrogens with two attached hydrogens (primary N) is 1. The number of nitrogens with one attached hydrogen (secondary N) is 1. The number of rotatable bonds is 6. The number of ether oxygens (including phenoxy) is 1. The van der Waals surface area contributed by atoms with Crippen LogP contribution in [0.15, 0.2) is 48.5 Å². The molecule has 0 saturated heterocycles. The van der Waals surface area contributed by atoms with Gasteiger partial charge in [0.1, 0.15) is 5.75 Å². The minimum absolute atomic E-state index is 0.105. The molecule has 0 aliphatic carbocycles. The summed E-state index contributed by atoms with van der Waals surface area (Å²) in [7, 11) is 0. The fourth-order valence-corrected chi connectivity index (χ4v) is 1.99. The first-order chi connectivity index (χ1) is 10.0. The molecule has 3 N–H and O–H groups in total. The van der Waals surface area contributed by atoms with E-state index in [-0.39, 0.29) is 12.6 Å². The van der Waals surface area contributed by atoms with E-state index >= 15 is 0 Å². The third kappa shape index (κ3) is 4.53. The van der Waals surface area contributed by atoms with Crippen molar-refractivity contribution in [3.8, 4) is 5.75 Å². The third-order valence-corrected chi connectivity index (χ3v) is 3.20. The van der Waals surface area contributed by atoms with Gasteiger partial charge >= 0.3 is 0 Å². The zero-order valence-electron chi connectivity index (χ0n) is 12.3. The smallest absolute Gasteiger partial charge is 0.255 e. The molecule has 110 valence electrons. The molecule has 4 heteroatoms. The van der Waals surface area contributed by atoms with Crippen LogP contribution in [0.25, 0.3) is 0 Å². The Labute approximate surface area is 124 Å². The topological polar surface area (TPSA) is 64.3 Å². The second kappa shape index (κ2) is 6.79. The van der Waals surface area contributed by atoms with Gasteiger partial charge in [-0.3, -0.25) is 4.79 Å². The van der Waals surface area contributed by atoms with Gasteiger partial charge in [0.15, 0.2) is 6.61 Å². The molecular weight excluding hydrogens is 264 g/mol. The van der Waals surface area contributed by atoms with Gasteiger partial charge in [-0.2, -0.15) is 0 Å². The standard InChI is InChI=1S/C17H20N2O2/c1-12-3-5-14(6-4-12)13(2)19-15-7-9-16(10-8-15)21-11-17(18)20/h3-10,13,19H,11H2,1-2H3,(H2,18,20). The van der Waals surface area contributed by atoms with Crippen molar-refractivity contribution in [1.29, 1.82) is 0 Å². The molecule has 2 rings (SSSR count). The predicted molar refractivity (Wildman–Crippen MR) is 84.3 cm³/mol. The molecule has 0 fully saturated rings. The maximum Gasteiger partial charge on any atom is 0.255 e. The van der Waals surface area contributed by atoms with Crippen LogP contribution in [-0.2, 0) is 4.79 Å². The summed E-state index contributed by atoms with van der Waals surface area (Å²) in [6.45, 7) is 4.08. The molecule has 0 saturated carbocycles. The number of carbonyl (C=O) groups excluding carboxylic acids is 1. The van der Waals surface area contributed by atoms with Gasteiger partial charge in [-0.1, -0.05) is 29.8 Å². The lowest BCUT2D eigenvalue weighted by Crippen LogP contribution is -2.19. The Kier molecular flexibility index (Phi) is 4.82. The Hall–Kier alpha value is -2.49. The summed E-state index contributed by atoms with van der Waals surface area (Å²) >= 11 is 0. The fourth-order valence-electron chi connectivity index (χ4n) is 1.99. The number of carbonyl (C=O) groups is 1. The van der Waals surface area contributed by atoms with E-state index in [4.69, 9.17) is 10.5 Å². The van der Waals surface area contributed by atoms with Crippen LogP contribution in [0.5, 0.6) is 5.75 Å². The van der Waals surface area contributed by atoms with Crippen LogP contribution in [0, 0.1) is 6.92 Å². The Morgan fingerprint density at radius 3 is 2.33 bits per heavy atom. The van der Waals surface area contributed by atoms with Gasteiger partial charge in [0.05, 0.1) is 0 Å². The molecule has 1 atom stereocenters. The van der Waals surface area contributed by atoms with Crippen molar-refractivity contribution in [3.63, 3.8) is 0 Å². The minimum Gasteiger partial charge on any atom is -0.484 e. The van der Waals surface area contributed by atoms with Crippen LogP contribution in [0.1, 0.15) is 24.1 Å². The highest BCUT2D eigenvalue weighted by Crippen LogP contribution is 2.21. The van der Waals surface area contributed by atoms with E-state index in [1.807, 2.05) is 24.3 Å². The normalized spacial score (nSPS) is 11.7. The van der Waals surface area contributed by atoms with E-state index in [1.165, 1.54) is 11.1 Å². The van der Waals surface area contributed by atoms with Crippen molar-refractivity contribution < 1.29 is 9.53 Å². The average Bonchev–Trinajstić information content (AvgIpc) is 2.47. The largest absolute Gasteiger partial charge is 0.484 e. The number of amides is 1. The Morgan fingerprint density at radius 2 is 1.76 bits per heavy atom. The molecule has 0 aromatic heterocycles. The van der Waals surface area contributed by atoms with Gasteiger partial charge < -0.3 is 15.8 Å². The number of benzene rings is 2. The van der Waals surface area contributed by atoms with E-state index in [2.05, 4.69) is 43.4 Å². The second-order valence-electron chi connectivity index (χ2n) is 5.06. The molecule has 0 aliphatic heterocycles. The molecule has 0 aliphatic rings. The average molecular weight is 284 g/mol. The lowest BCUT2D eigenvalue weighted by Gasteiger charge is -2.16. The van der Waals surface area contributed by atoms with E-state index in [0.717, 1.165) is 5.69 Å². The Balaban J connectivity index is 1.96. The van der Waals surface area contributed by atoms with E-state index in [1.54, 1.807) is 0 Å². The quantitative estimate of drug-likeness (QED) is 0.857. The summed E-state index contributed by atoms with van der Waals surface area (Å²) in [5.74, 6) is 0.146. The van der Waals surface area contributed by atoms with Crippen molar-refractivity contribution in [3.05, 3.63) is 59.7 Å². The minimum atomic E-state index is -0.481. The van der Waals surface area contributed by atoms with Crippen LogP contribution in [0.2, 0.25) is 0 Å². The van der Waals surface area contributed by atoms with Crippen molar-refractivity contribution in [1.82, 2.24) is 0 Å². The molecule has 1 unspecified atom stereocenters. The van der Waals surface area contributed by atoms with Crippen LogP contribution < -0.4 is 15.8 Å². The summed E-state index contributed by atoms with van der Waals surface area (Å²) in [6.07, 6.45) is 0. The fraction of sp³-hybridized carbons (Fsp3) is 0.235. The molecular formula is C17H20N2O2. The van der Waals surface area contributed by atoms with Gasteiger partial charge in [0.2, 0.25) is 0 Å². The van der Waals surface area contributed by atoms with E-state index < -0.39 is 5.91 Å². The molecule has 4 nitrogen and oxygen atoms in total. The molecule has 1 amide bonds. The van der Waals surface area contributed by atoms with Crippen molar-refractivity contribution in [2.45, 2.75) is 19.9 Å². The number of hydrogen-bond donors (Lipinski definition) is 2. The van der Waals surface area contributed by atoms with E-state index in [0.29, 0.717) is 5.75 Å². The van der Waals surface area contributed by atoms with Gasteiger partial charge in [-0.15, -0.1) is 0 Å². The van der Waals surface area contributed by atoms with Crippen molar-refractivity contribution in [2.24, 2.45) is 5.73 Å². The van der Waals surface area contributed by atoms with Gasteiger partial charge in [0, 0.05) is 11.7 Å². The summed E-state index contributed by atoms with van der Waals surface area (Å²) in [6, 6.07) is 16.1. The van der Waals surface area contributed by atoms with Crippen LogP contribution >= 0.6 is 0 Å². The molecule has 0 radical (unpaired) electrons. The van der Waals surface area contributed by atoms with Crippen molar-refractivity contribution >= 4 is 11.6 Å². The first kappa shape index (κ1) is 14.9. The molecule has 2 aromatic carbocycles. The zero-order chi connectivity index (χ0) is 15.2. The maximum absolute atomic E-state index is 10.7. The molecule has 2 aromatic rings. The van der Waals surface area contributed by atoms with E-state index in [9.17, 15) is 4.79 Å². The molecule has 0 spiro atoms. The molecule has 21 heavy (non-hydrogen) atoms. The molecule has 0 heterocycles. The SMILES string of the molecule is Cc1ccc(C(C)Nc2ccc(OCC(N)=O)cc2)cc1. The van der Waals surface area contributed by atoms with Crippen molar-refractivity contribution in [2.75, 3.05) is 11.9 Å². The highest BCUT2D eigenvalue weighted by Gasteiger charge is 2.05. The Morgan fingerprint density at radius 1 is 1.14 bits per heavy atom. The number of anilines is 1. The predicted octanol–water partition coefficient (Wildman–Crippen LogP) is 3.03. The molecule has 0 bridgehead atoms. The third-order valence-electron chi connectivity index (χ3n) is 3.20. The number of primary amides is 1. The van der Waals surface area contributed by atoms with Gasteiger partial charge in [-0.25, -0.2) is 0 Å². The highest BCUT2D eigenvalue weighted by molar-refractivity contribution is 5.75. The summed E-state index contributed by atoms with van der Waals surface area (Å²) in [5, 5.41) is 3.42. The lowest BCUT2D eigenvalue weighted by atomic mass is 10.1. The second-order valence-corrected chi connectivity index (χ2v) is 5.06. The summed E-state index contributed by atoms with van der Waals surface area (Å²) in [4.78, 5) is 10.7. The summed E-state index contributed by atoms with van der Waals surface area (Å²) in [5.41, 5.74) is 8.51. The number of hydrogen-bond acceptors (Lipinski definition) is 3. The van der Waals surface area contributed by atoms with Crippen LogP contribution in [0.4, 0.5) is 5.69 Å². The highest BCUT2D eigenvalue weighted by atomic mass is 16.5. The summed E-state index contributed by atoms with van der Waals surface area (Å²) < 4.78 is 5.22. The van der Waals surface area contributed by atoms with Gasteiger partial charge in [-0.05, 0) is 43.7 Å². The zero-order valence-corrected chi connectivity index (χ0v) is 12.3. The first-order valence-electron chi connectivity index (χ1n) is 6.89. The first-order valence-corrected chi connectivity index (χ1v) is 6.89. The maximum atomic E-state index is 10.7. The van der Waals surface area contributed by atoms with Crippen LogP contribution in [0.3, 0.4) is 0 Å². The lowest BCUT2D eigenvalue weighted by molar-refractivity contribution is -0.119. The van der Waals surface area contributed by atoms with Crippen LogP contribution in [-0.4, -0.2) is 12.5 Å². The Bertz CT molecular complexity index is 591.